The zero-order valence-electron chi connectivity index (χ0n) is 19.1. The Morgan fingerprint density at radius 3 is 2.59 bits per heavy atom. The molecule has 0 radical (unpaired) electrons. The van der Waals surface area contributed by atoms with E-state index in [1.54, 1.807) is 36.5 Å². The first-order valence-corrected chi connectivity index (χ1v) is 12.7. The van der Waals surface area contributed by atoms with E-state index in [4.69, 9.17) is 0 Å². The summed E-state index contributed by atoms with van der Waals surface area (Å²) < 4.78 is 14.8. The predicted octanol–water partition coefficient (Wildman–Crippen LogP) is 2.86. The van der Waals surface area contributed by atoms with Crippen molar-refractivity contribution in [2.45, 2.75) is 18.6 Å². The first kappa shape index (κ1) is 26.5. The van der Waals surface area contributed by atoms with Crippen molar-refractivity contribution in [1.82, 2.24) is 26.1 Å². The molecule has 3 aromatic rings. The van der Waals surface area contributed by atoms with Crippen LogP contribution in [0.5, 0.6) is 0 Å². The van der Waals surface area contributed by atoms with E-state index in [1.807, 2.05) is 0 Å². The van der Waals surface area contributed by atoms with Crippen LogP contribution in [0.4, 0.5) is 10.1 Å². The van der Waals surface area contributed by atoms with Crippen LogP contribution in [0.15, 0.2) is 50.5 Å². The first-order chi connectivity index (χ1) is 17.7. The monoisotopic (exact) mass is 637 g/mol. The number of nitrogens with one attached hydrogen (secondary N) is 5. The lowest BCUT2D eigenvalue weighted by molar-refractivity contribution is -0.137. The Hall–Kier alpha value is -3.52. The summed E-state index contributed by atoms with van der Waals surface area (Å²) in [6, 6.07) is 7.57. The third kappa shape index (κ3) is 7.04. The zero-order chi connectivity index (χ0) is 26.5. The molecule has 1 aromatic heterocycles. The SMILES string of the molecule is O=C(O)C[C@H](NC(=O)CNC(=O)c1cc(NC2=NCC(F)CN2)c2cn[nH]c2c1)c1cc(Br)cc(Br)c1. The molecular weight excluding hydrogens is 617 g/mol. The van der Waals surface area contributed by atoms with Gasteiger partial charge in [0.2, 0.25) is 5.91 Å². The predicted molar refractivity (Wildman–Crippen MR) is 142 cm³/mol. The molecule has 1 aliphatic heterocycles. The van der Waals surface area contributed by atoms with E-state index in [1.165, 1.54) is 0 Å². The summed E-state index contributed by atoms with van der Waals surface area (Å²) >= 11 is 6.71. The van der Waals surface area contributed by atoms with Crippen LogP contribution in [-0.2, 0) is 9.59 Å². The third-order valence-electron chi connectivity index (χ3n) is 5.42. The van der Waals surface area contributed by atoms with E-state index in [9.17, 15) is 23.9 Å². The molecule has 0 bridgehead atoms. The summed E-state index contributed by atoms with van der Waals surface area (Å²) in [7, 11) is 0. The van der Waals surface area contributed by atoms with Crippen LogP contribution in [-0.4, -0.2) is 64.9 Å². The number of anilines is 1. The molecule has 11 nitrogen and oxygen atoms in total. The number of fused-ring (bicyclic) bond motifs is 1. The van der Waals surface area contributed by atoms with Gasteiger partial charge in [-0.3, -0.25) is 19.5 Å². The van der Waals surface area contributed by atoms with Crippen LogP contribution in [0.2, 0.25) is 0 Å². The minimum absolute atomic E-state index is 0.0267. The molecule has 4 rings (SSSR count). The summed E-state index contributed by atoms with van der Waals surface area (Å²) in [5.41, 5.74) is 1.92. The van der Waals surface area contributed by atoms with E-state index in [-0.39, 0.29) is 31.6 Å². The Morgan fingerprint density at radius 2 is 1.92 bits per heavy atom. The summed E-state index contributed by atoms with van der Waals surface area (Å²) in [4.78, 5) is 41.0. The van der Waals surface area contributed by atoms with Gasteiger partial charge in [0.1, 0.15) is 6.17 Å². The van der Waals surface area contributed by atoms with Crippen molar-refractivity contribution in [3.05, 3.63) is 56.6 Å². The van der Waals surface area contributed by atoms with Crippen molar-refractivity contribution in [2.75, 3.05) is 25.0 Å². The number of hydrogen-bond acceptors (Lipinski definition) is 7. The highest BCUT2D eigenvalue weighted by atomic mass is 79.9. The third-order valence-corrected chi connectivity index (χ3v) is 6.34. The van der Waals surface area contributed by atoms with Gasteiger partial charge in [-0.05, 0) is 35.9 Å². The Morgan fingerprint density at radius 1 is 1.16 bits per heavy atom. The topological polar surface area (TPSA) is 161 Å². The lowest BCUT2D eigenvalue weighted by atomic mass is 10.0. The van der Waals surface area contributed by atoms with Gasteiger partial charge in [0, 0.05) is 19.9 Å². The van der Waals surface area contributed by atoms with Gasteiger partial charge in [-0.15, -0.1) is 0 Å². The Labute approximate surface area is 226 Å². The smallest absolute Gasteiger partial charge is 0.305 e. The number of halogens is 3. The van der Waals surface area contributed by atoms with Crippen LogP contribution in [0, 0.1) is 0 Å². The quantitative estimate of drug-likeness (QED) is 0.221. The number of carboxylic acid groups (broad SMARTS) is 1. The number of rotatable bonds is 8. The highest BCUT2D eigenvalue weighted by Crippen LogP contribution is 2.26. The molecule has 2 heterocycles. The second kappa shape index (κ2) is 11.7. The van der Waals surface area contributed by atoms with E-state index < -0.39 is 30.0 Å². The highest BCUT2D eigenvalue weighted by molar-refractivity contribution is 9.11. The number of hydrogen-bond donors (Lipinski definition) is 6. The Balaban J connectivity index is 1.44. The van der Waals surface area contributed by atoms with Crippen molar-refractivity contribution < 1.29 is 23.9 Å². The number of aliphatic carboxylic acids is 1. The van der Waals surface area contributed by atoms with Crippen molar-refractivity contribution in [2.24, 2.45) is 4.99 Å². The van der Waals surface area contributed by atoms with Gasteiger partial charge >= 0.3 is 5.97 Å². The number of carbonyl (C=O) groups is 3. The number of aromatic amines is 1. The molecule has 2 aromatic carbocycles. The number of H-pyrrole nitrogens is 1. The van der Waals surface area contributed by atoms with Crippen molar-refractivity contribution in [3.63, 3.8) is 0 Å². The number of amides is 2. The lowest BCUT2D eigenvalue weighted by Gasteiger charge is -2.19. The normalized spacial score (nSPS) is 15.9. The molecule has 0 spiro atoms. The molecule has 1 aliphatic rings. The van der Waals surface area contributed by atoms with Gasteiger partial charge in [0.25, 0.3) is 5.91 Å². The van der Waals surface area contributed by atoms with E-state index >= 15 is 0 Å². The second-order valence-electron chi connectivity index (χ2n) is 8.25. The van der Waals surface area contributed by atoms with Crippen molar-refractivity contribution >= 4 is 72.2 Å². The maximum absolute atomic E-state index is 13.4. The van der Waals surface area contributed by atoms with Gasteiger partial charge in [0.05, 0.1) is 49.5 Å². The van der Waals surface area contributed by atoms with E-state index in [0.29, 0.717) is 37.1 Å². The number of guanidine groups is 1. The maximum atomic E-state index is 13.4. The molecule has 194 valence electrons. The Bertz CT molecular complexity index is 1360. The molecule has 6 N–H and O–H groups in total. The molecule has 1 unspecified atom stereocenters. The second-order valence-corrected chi connectivity index (χ2v) is 10.1. The molecule has 2 amide bonds. The maximum Gasteiger partial charge on any atom is 0.305 e. The van der Waals surface area contributed by atoms with Crippen molar-refractivity contribution in [1.29, 1.82) is 0 Å². The Kier molecular flexibility index (Phi) is 8.38. The van der Waals surface area contributed by atoms with Crippen LogP contribution < -0.4 is 21.3 Å². The lowest BCUT2D eigenvalue weighted by Crippen LogP contribution is -2.41. The number of alkyl halides is 1. The van der Waals surface area contributed by atoms with E-state index in [0.717, 1.165) is 0 Å². The minimum atomic E-state index is -1.09. The molecule has 2 atom stereocenters. The average molecular weight is 639 g/mol. The largest absolute Gasteiger partial charge is 0.481 e. The number of benzene rings is 2. The fourth-order valence-electron chi connectivity index (χ4n) is 3.73. The highest BCUT2D eigenvalue weighted by Gasteiger charge is 2.21. The number of nitrogens with zero attached hydrogens (tertiary/aromatic N) is 2. The van der Waals surface area contributed by atoms with Crippen LogP contribution >= 0.6 is 31.9 Å². The first-order valence-electron chi connectivity index (χ1n) is 11.1. The molecule has 0 fully saturated rings. The number of carboxylic acids is 1. The minimum Gasteiger partial charge on any atom is -0.481 e. The number of carbonyl (C=O) groups excluding carboxylic acids is 2. The number of aromatic nitrogens is 2. The van der Waals surface area contributed by atoms with Gasteiger partial charge in [-0.25, -0.2) is 9.38 Å². The summed E-state index contributed by atoms with van der Waals surface area (Å²) in [5.74, 6) is -1.80. The summed E-state index contributed by atoms with van der Waals surface area (Å²) in [6.07, 6.45) is 0.175. The van der Waals surface area contributed by atoms with E-state index in [2.05, 4.69) is 68.3 Å². The molecule has 0 saturated carbocycles. The summed E-state index contributed by atoms with van der Waals surface area (Å²) in [6.45, 7) is -0.228. The summed E-state index contributed by atoms with van der Waals surface area (Å²) in [5, 5.41) is 27.9. The van der Waals surface area contributed by atoms with Crippen LogP contribution in [0.3, 0.4) is 0 Å². The molecule has 0 saturated heterocycles. The molecule has 14 heteroatoms. The molecule has 0 aliphatic carbocycles. The van der Waals surface area contributed by atoms with Gasteiger partial charge in [0.15, 0.2) is 5.96 Å². The molecular formula is C23H22Br2FN7O4. The van der Waals surface area contributed by atoms with Gasteiger partial charge in [-0.1, -0.05) is 31.9 Å². The fraction of sp³-hybridized carbons (Fsp3) is 0.261. The standard InChI is InChI=1S/C23H22Br2FN7O4/c24-13-1-11(2-14(25)5-13)17(6-21(35)36)31-20(34)10-27-22(37)12-3-18(16-9-30-33-19(16)4-12)32-23-28-7-15(26)8-29-23/h1-5,9,15,17H,6-8,10H2,(H,27,37)(H,30,33)(H,31,34)(H,35,36)(H2,28,29,32)/t17-/m0/s1. The average Bonchev–Trinajstić information content (AvgIpc) is 3.32. The van der Waals surface area contributed by atoms with Gasteiger partial charge in [-0.2, -0.15) is 5.10 Å². The van der Waals surface area contributed by atoms with Crippen LogP contribution in [0.25, 0.3) is 10.9 Å². The van der Waals surface area contributed by atoms with Crippen molar-refractivity contribution in [3.8, 4) is 0 Å². The van der Waals surface area contributed by atoms with Crippen LogP contribution in [0.1, 0.15) is 28.4 Å². The fourth-order valence-corrected chi connectivity index (χ4v) is 5.06. The number of aliphatic imine (C=N–C) groups is 1. The zero-order valence-corrected chi connectivity index (χ0v) is 22.3. The van der Waals surface area contributed by atoms with Gasteiger partial charge < -0.3 is 26.4 Å². The molecule has 37 heavy (non-hydrogen) atoms.